The molecule has 2 aromatic carbocycles. The summed E-state index contributed by atoms with van der Waals surface area (Å²) in [5.41, 5.74) is 8.48. The predicted octanol–water partition coefficient (Wildman–Crippen LogP) is 3.17. The van der Waals surface area contributed by atoms with E-state index >= 15 is 0 Å². The number of amides is 1. The van der Waals surface area contributed by atoms with Crippen molar-refractivity contribution in [3.63, 3.8) is 0 Å². The standard InChI is InChI=1S/C20H24N2O2.ClH/c1-14(16-9-6-10-17(11-16)24-2)20(23)22-12-18(19(21)13-22)15-7-4-3-5-8-15;/h3-11,14,18-19H,12-13,21H2,1-2H3;1H/t14?,18-,19+;/m0./s1. The first kappa shape index (κ1) is 19.3. The second-order valence-electron chi connectivity index (χ2n) is 6.42. The number of halogens is 1. The fourth-order valence-corrected chi connectivity index (χ4v) is 3.39. The lowest BCUT2D eigenvalue weighted by Gasteiger charge is -2.21. The van der Waals surface area contributed by atoms with E-state index in [9.17, 15) is 4.79 Å². The minimum Gasteiger partial charge on any atom is -0.497 e. The number of rotatable bonds is 4. The molecule has 25 heavy (non-hydrogen) atoms. The van der Waals surface area contributed by atoms with Crippen LogP contribution in [0.1, 0.15) is 29.9 Å². The molecule has 1 aliphatic rings. The Bertz CT molecular complexity index is 708. The Labute approximate surface area is 155 Å². The summed E-state index contributed by atoms with van der Waals surface area (Å²) >= 11 is 0. The highest BCUT2D eigenvalue weighted by Gasteiger charge is 2.35. The Balaban J connectivity index is 0.00000225. The summed E-state index contributed by atoms with van der Waals surface area (Å²) in [6, 6.07) is 17.9. The monoisotopic (exact) mass is 360 g/mol. The van der Waals surface area contributed by atoms with Crippen LogP contribution in [0, 0.1) is 0 Å². The molecule has 0 bridgehead atoms. The van der Waals surface area contributed by atoms with Gasteiger partial charge in [0, 0.05) is 25.0 Å². The van der Waals surface area contributed by atoms with Crippen molar-refractivity contribution in [1.82, 2.24) is 4.90 Å². The number of carbonyl (C=O) groups excluding carboxylic acids is 1. The van der Waals surface area contributed by atoms with Crippen molar-refractivity contribution in [1.29, 1.82) is 0 Å². The van der Waals surface area contributed by atoms with Crippen LogP contribution < -0.4 is 10.5 Å². The van der Waals surface area contributed by atoms with Crippen LogP contribution in [0.15, 0.2) is 54.6 Å². The van der Waals surface area contributed by atoms with Gasteiger partial charge in [0.25, 0.3) is 0 Å². The Morgan fingerprint density at radius 3 is 2.56 bits per heavy atom. The summed E-state index contributed by atoms with van der Waals surface area (Å²) in [6.45, 7) is 3.23. The molecule has 1 unspecified atom stereocenters. The second-order valence-corrected chi connectivity index (χ2v) is 6.42. The molecule has 1 fully saturated rings. The lowest BCUT2D eigenvalue weighted by Crippen LogP contribution is -2.34. The third kappa shape index (κ3) is 4.14. The van der Waals surface area contributed by atoms with E-state index in [1.165, 1.54) is 5.56 Å². The van der Waals surface area contributed by atoms with E-state index < -0.39 is 0 Å². The number of carbonyl (C=O) groups is 1. The summed E-state index contributed by atoms with van der Waals surface area (Å²) in [7, 11) is 1.63. The van der Waals surface area contributed by atoms with Crippen LogP contribution >= 0.6 is 12.4 Å². The van der Waals surface area contributed by atoms with Crippen molar-refractivity contribution in [2.45, 2.75) is 24.8 Å². The number of ether oxygens (including phenoxy) is 1. The molecule has 1 heterocycles. The van der Waals surface area contributed by atoms with Gasteiger partial charge in [-0.1, -0.05) is 42.5 Å². The van der Waals surface area contributed by atoms with E-state index in [1.54, 1.807) is 7.11 Å². The Hall–Kier alpha value is -2.04. The average molecular weight is 361 g/mol. The Morgan fingerprint density at radius 1 is 1.16 bits per heavy atom. The summed E-state index contributed by atoms with van der Waals surface area (Å²) in [5.74, 6) is 0.888. The van der Waals surface area contributed by atoms with Crippen LogP contribution in [-0.2, 0) is 4.79 Å². The van der Waals surface area contributed by atoms with Crippen LogP contribution in [0.5, 0.6) is 5.75 Å². The Morgan fingerprint density at radius 2 is 1.88 bits per heavy atom. The maximum atomic E-state index is 12.9. The topological polar surface area (TPSA) is 55.6 Å². The van der Waals surface area contributed by atoms with Gasteiger partial charge in [0.15, 0.2) is 0 Å². The lowest BCUT2D eigenvalue weighted by molar-refractivity contribution is -0.131. The first-order valence-electron chi connectivity index (χ1n) is 8.33. The molecular formula is C20H25ClN2O2. The van der Waals surface area contributed by atoms with Crippen LogP contribution in [-0.4, -0.2) is 37.0 Å². The van der Waals surface area contributed by atoms with Gasteiger partial charge in [-0.05, 0) is 30.2 Å². The number of methoxy groups -OCH3 is 1. The molecule has 4 nitrogen and oxygen atoms in total. The van der Waals surface area contributed by atoms with Gasteiger partial charge in [0.05, 0.1) is 13.0 Å². The molecule has 2 N–H and O–H groups in total. The predicted molar refractivity (Wildman–Crippen MR) is 102 cm³/mol. The summed E-state index contributed by atoms with van der Waals surface area (Å²) in [4.78, 5) is 14.8. The SMILES string of the molecule is COc1cccc(C(C)C(=O)N2C[C@@H](N)[C@H](c3ccccc3)C2)c1.Cl. The molecular weight excluding hydrogens is 336 g/mol. The first-order valence-corrected chi connectivity index (χ1v) is 8.33. The van der Waals surface area contributed by atoms with Gasteiger partial charge < -0.3 is 15.4 Å². The molecule has 0 saturated carbocycles. The summed E-state index contributed by atoms with van der Waals surface area (Å²) in [5, 5.41) is 0. The zero-order valence-corrected chi connectivity index (χ0v) is 15.4. The normalized spacial score (nSPS) is 20.7. The number of hydrogen-bond donors (Lipinski definition) is 1. The van der Waals surface area contributed by atoms with E-state index in [0.717, 1.165) is 11.3 Å². The van der Waals surface area contributed by atoms with Gasteiger partial charge >= 0.3 is 0 Å². The van der Waals surface area contributed by atoms with E-state index in [-0.39, 0.29) is 36.2 Å². The van der Waals surface area contributed by atoms with Crippen LogP contribution in [0.4, 0.5) is 0 Å². The van der Waals surface area contributed by atoms with Crippen LogP contribution in [0.25, 0.3) is 0 Å². The van der Waals surface area contributed by atoms with Gasteiger partial charge in [0.2, 0.25) is 5.91 Å². The van der Waals surface area contributed by atoms with E-state index in [1.807, 2.05) is 54.3 Å². The van der Waals surface area contributed by atoms with Gasteiger partial charge in [-0.15, -0.1) is 12.4 Å². The van der Waals surface area contributed by atoms with Crippen LogP contribution in [0.3, 0.4) is 0 Å². The highest BCUT2D eigenvalue weighted by molar-refractivity contribution is 5.85. The fourth-order valence-electron chi connectivity index (χ4n) is 3.39. The molecule has 5 heteroatoms. The molecule has 0 spiro atoms. The zero-order chi connectivity index (χ0) is 17.1. The van der Waals surface area contributed by atoms with E-state index in [0.29, 0.717) is 13.1 Å². The number of likely N-dealkylation sites (tertiary alicyclic amines) is 1. The first-order chi connectivity index (χ1) is 11.6. The largest absolute Gasteiger partial charge is 0.497 e. The highest BCUT2D eigenvalue weighted by Crippen LogP contribution is 2.29. The van der Waals surface area contributed by atoms with E-state index in [4.69, 9.17) is 10.5 Å². The molecule has 0 radical (unpaired) electrons. The summed E-state index contributed by atoms with van der Waals surface area (Å²) in [6.07, 6.45) is 0. The van der Waals surface area contributed by atoms with Crippen molar-refractivity contribution in [2.24, 2.45) is 5.73 Å². The number of benzene rings is 2. The highest BCUT2D eigenvalue weighted by atomic mass is 35.5. The number of nitrogens with zero attached hydrogens (tertiary/aromatic N) is 1. The Kier molecular flexibility index (Phi) is 6.45. The summed E-state index contributed by atoms with van der Waals surface area (Å²) < 4.78 is 5.26. The number of hydrogen-bond acceptors (Lipinski definition) is 3. The lowest BCUT2D eigenvalue weighted by atomic mass is 9.95. The molecule has 134 valence electrons. The molecule has 3 atom stereocenters. The number of nitrogens with two attached hydrogens (primary N) is 1. The van der Waals surface area contributed by atoms with E-state index in [2.05, 4.69) is 12.1 Å². The van der Waals surface area contributed by atoms with Gasteiger partial charge in [-0.25, -0.2) is 0 Å². The molecule has 0 aliphatic carbocycles. The minimum absolute atomic E-state index is 0. The maximum absolute atomic E-state index is 12.9. The van der Waals surface area contributed by atoms with Crippen molar-refractivity contribution in [3.8, 4) is 5.75 Å². The maximum Gasteiger partial charge on any atom is 0.229 e. The van der Waals surface area contributed by atoms with Crippen molar-refractivity contribution in [3.05, 3.63) is 65.7 Å². The second kappa shape index (κ2) is 8.37. The fraction of sp³-hybridized carbons (Fsp3) is 0.350. The third-order valence-corrected chi connectivity index (χ3v) is 4.87. The minimum atomic E-state index is -0.207. The van der Waals surface area contributed by atoms with Gasteiger partial charge in [0.1, 0.15) is 5.75 Å². The van der Waals surface area contributed by atoms with Crippen molar-refractivity contribution >= 4 is 18.3 Å². The molecule has 1 aliphatic heterocycles. The van der Waals surface area contributed by atoms with Crippen molar-refractivity contribution < 1.29 is 9.53 Å². The van der Waals surface area contributed by atoms with Gasteiger partial charge in [-0.3, -0.25) is 4.79 Å². The average Bonchev–Trinajstić information content (AvgIpc) is 3.03. The zero-order valence-electron chi connectivity index (χ0n) is 14.6. The van der Waals surface area contributed by atoms with Gasteiger partial charge in [-0.2, -0.15) is 0 Å². The molecule has 1 amide bonds. The molecule has 1 saturated heterocycles. The third-order valence-electron chi connectivity index (χ3n) is 4.87. The van der Waals surface area contributed by atoms with Crippen molar-refractivity contribution in [2.75, 3.05) is 20.2 Å². The molecule has 3 rings (SSSR count). The molecule has 0 aromatic heterocycles. The molecule has 2 aromatic rings. The quantitative estimate of drug-likeness (QED) is 0.911. The smallest absolute Gasteiger partial charge is 0.229 e. The van der Waals surface area contributed by atoms with Crippen LogP contribution in [0.2, 0.25) is 0 Å².